The lowest BCUT2D eigenvalue weighted by atomic mass is 9.94. The Hall–Kier alpha value is -0.810. The van der Waals surface area contributed by atoms with Crippen molar-refractivity contribution in [3.05, 3.63) is 22.6 Å². The molecule has 5 heteroatoms. The maximum absolute atomic E-state index is 12.0. The lowest BCUT2D eigenvalue weighted by molar-refractivity contribution is -0.138. The second-order valence-electron chi connectivity index (χ2n) is 4.37. The zero-order valence-corrected chi connectivity index (χ0v) is 11.4. The van der Waals surface area contributed by atoms with E-state index in [2.05, 4.69) is 22.9 Å². The van der Waals surface area contributed by atoms with E-state index in [0.29, 0.717) is 6.42 Å². The summed E-state index contributed by atoms with van der Waals surface area (Å²) in [5, 5.41) is 0. The van der Waals surface area contributed by atoms with Crippen molar-refractivity contribution in [1.29, 1.82) is 0 Å². The highest BCUT2D eigenvalue weighted by molar-refractivity contribution is 9.10. The minimum absolute atomic E-state index is 0.0540. The van der Waals surface area contributed by atoms with E-state index >= 15 is 0 Å². The minimum Gasteiger partial charge on any atom is -0.466 e. The summed E-state index contributed by atoms with van der Waals surface area (Å²) >= 11 is 3.44. The number of hydrogen-bond donors (Lipinski definition) is 1. The number of hydrogen-bond acceptors (Lipinski definition) is 3. The fourth-order valence-corrected chi connectivity index (χ4v) is 2.77. The molecule has 4 nitrogen and oxygen atoms in total. The van der Waals surface area contributed by atoms with Crippen molar-refractivity contribution in [1.82, 2.24) is 4.90 Å². The van der Waals surface area contributed by atoms with Gasteiger partial charge in [-0.1, -0.05) is 6.92 Å². The molecule has 2 rings (SSSR count). The topological polar surface area (TPSA) is 59.5 Å². The first-order chi connectivity index (χ1) is 8.15. The van der Waals surface area contributed by atoms with Crippen LogP contribution >= 0.6 is 15.9 Å². The molecule has 1 saturated heterocycles. The predicted octanol–water partition coefficient (Wildman–Crippen LogP) is 2.44. The van der Waals surface area contributed by atoms with Crippen molar-refractivity contribution in [3.8, 4) is 0 Å². The molecule has 17 heavy (non-hydrogen) atoms. The van der Waals surface area contributed by atoms with Gasteiger partial charge in [0, 0.05) is 19.0 Å². The first-order valence-corrected chi connectivity index (χ1v) is 6.72. The van der Waals surface area contributed by atoms with E-state index in [9.17, 15) is 4.79 Å². The summed E-state index contributed by atoms with van der Waals surface area (Å²) in [6.07, 6.45) is 3.80. The van der Waals surface area contributed by atoms with E-state index in [1.807, 2.05) is 11.0 Å². The third-order valence-corrected chi connectivity index (χ3v) is 3.79. The van der Waals surface area contributed by atoms with E-state index in [1.165, 1.54) is 0 Å². The number of amides is 1. The van der Waals surface area contributed by atoms with Gasteiger partial charge in [0.05, 0.1) is 10.7 Å². The van der Waals surface area contributed by atoms with E-state index in [0.717, 1.165) is 29.6 Å². The number of rotatable bonds is 3. The lowest BCUT2D eigenvalue weighted by Crippen LogP contribution is -2.49. The second kappa shape index (κ2) is 5.23. The van der Waals surface area contributed by atoms with Crippen LogP contribution < -0.4 is 5.73 Å². The molecule has 1 aromatic rings. The van der Waals surface area contributed by atoms with Gasteiger partial charge in [0.2, 0.25) is 5.91 Å². The van der Waals surface area contributed by atoms with Crippen molar-refractivity contribution >= 4 is 21.8 Å². The van der Waals surface area contributed by atoms with Crippen molar-refractivity contribution in [3.63, 3.8) is 0 Å². The standard InChI is InChI=1S/C12H17BrN2O2/c1-2-6-15-10(16)4-3-9(14)11(15)12-8(13)5-7-17-12/h5,7,9,11H,2-4,6,14H2,1H3. The first-order valence-electron chi connectivity index (χ1n) is 5.93. The Bertz CT molecular complexity index is 405. The second-order valence-corrected chi connectivity index (χ2v) is 5.22. The van der Waals surface area contributed by atoms with E-state index in [-0.39, 0.29) is 18.0 Å². The van der Waals surface area contributed by atoms with Gasteiger partial charge in [-0.15, -0.1) is 0 Å². The summed E-state index contributed by atoms with van der Waals surface area (Å²) in [5.41, 5.74) is 6.15. The summed E-state index contributed by atoms with van der Waals surface area (Å²) in [6.45, 7) is 2.78. The van der Waals surface area contributed by atoms with Gasteiger partial charge in [0.1, 0.15) is 11.8 Å². The van der Waals surface area contributed by atoms with Crippen LogP contribution in [0, 0.1) is 0 Å². The van der Waals surface area contributed by atoms with E-state index < -0.39 is 0 Å². The number of nitrogens with two attached hydrogens (primary N) is 1. The van der Waals surface area contributed by atoms with Crippen LogP contribution in [0.25, 0.3) is 0 Å². The van der Waals surface area contributed by atoms with Gasteiger partial charge in [-0.05, 0) is 34.8 Å². The van der Waals surface area contributed by atoms with Gasteiger partial charge in [0.25, 0.3) is 0 Å². The normalized spacial score (nSPS) is 25.4. The molecule has 1 amide bonds. The Balaban J connectivity index is 2.32. The molecule has 0 spiro atoms. The van der Waals surface area contributed by atoms with Crippen LogP contribution in [0.3, 0.4) is 0 Å². The molecule has 1 aromatic heterocycles. The van der Waals surface area contributed by atoms with Crippen molar-refractivity contribution in [2.75, 3.05) is 6.54 Å². The third kappa shape index (κ3) is 2.40. The number of halogens is 1. The zero-order valence-electron chi connectivity index (χ0n) is 9.86. The van der Waals surface area contributed by atoms with Gasteiger partial charge in [-0.2, -0.15) is 0 Å². The van der Waals surface area contributed by atoms with Crippen molar-refractivity contribution < 1.29 is 9.21 Å². The van der Waals surface area contributed by atoms with Crippen LogP contribution in [0.5, 0.6) is 0 Å². The molecular formula is C12H17BrN2O2. The van der Waals surface area contributed by atoms with Gasteiger partial charge in [-0.25, -0.2) is 0 Å². The number of carbonyl (C=O) groups excluding carboxylic acids is 1. The largest absolute Gasteiger partial charge is 0.466 e. The maximum Gasteiger partial charge on any atom is 0.223 e. The van der Waals surface area contributed by atoms with Gasteiger partial charge in [-0.3, -0.25) is 4.79 Å². The molecule has 1 fully saturated rings. The smallest absolute Gasteiger partial charge is 0.223 e. The Morgan fingerprint density at radius 1 is 1.65 bits per heavy atom. The lowest BCUT2D eigenvalue weighted by Gasteiger charge is -2.38. The quantitative estimate of drug-likeness (QED) is 0.933. The summed E-state index contributed by atoms with van der Waals surface area (Å²) in [7, 11) is 0. The first kappa shape index (κ1) is 12.6. The number of likely N-dealkylation sites (tertiary alicyclic amines) is 1. The number of piperidine rings is 1. The van der Waals surface area contributed by atoms with Crippen LogP contribution in [-0.4, -0.2) is 23.4 Å². The molecule has 0 bridgehead atoms. The van der Waals surface area contributed by atoms with Crippen molar-refractivity contribution in [2.45, 2.75) is 38.3 Å². The molecule has 1 aliphatic heterocycles. The molecule has 1 aliphatic rings. The molecule has 0 aliphatic carbocycles. The zero-order chi connectivity index (χ0) is 12.4. The monoisotopic (exact) mass is 300 g/mol. The van der Waals surface area contributed by atoms with Crippen LogP contribution in [0.2, 0.25) is 0 Å². The number of carbonyl (C=O) groups is 1. The SMILES string of the molecule is CCCN1C(=O)CCC(N)C1c1occc1Br. The Morgan fingerprint density at radius 3 is 3.00 bits per heavy atom. The van der Waals surface area contributed by atoms with Gasteiger partial charge >= 0.3 is 0 Å². The summed E-state index contributed by atoms with van der Waals surface area (Å²) in [6, 6.07) is 1.65. The predicted molar refractivity (Wildman–Crippen MR) is 68.4 cm³/mol. The molecule has 2 heterocycles. The highest BCUT2D eigenvalue weighted by Crippen LogP contribution is 2.35. The van der Waals surface area contributed by atoms with E-state index in [4.69, 9.17) is 10.2 Å². The van der Waals surface area contributed by atoms with Crippen LogP contribution in [0.4, 0.5) is 0 Å². The summed E-state index contributed by atoms with van der Waals surface area (Å²) in [5.74, 6) is 0.931. The average Bonchev–Trinajstić information content (AvgIpc) is 2.71. The van der Waals surface area contributed by atoms with Crippen molar-refractivity contribution in [2.24, 2.45) is 5.73 Å². The average molecular weight is 301 g/mol. The fraction of sp³-hybridized carbons (Fsp3) is 0.583. The Kier molecular flexibility index (Phi) is 3.89. The molecule has 2 unspecified atom stereocenters. The molecule has 0 saturated carbocycles. The Labute approximate surface area is 109 Å². The maximum atomic E-state index is 12.0. The molecule has 2 N–H and O–H groups in total. The molecule has 94 valence electrons. The number of nitrogens with zero attached hydrogens (tertiary/aromatic N) is 1. The molecule has 0 aromatic carbocycles. The highest BCUT2D eigenvalue weighted by Gasteiger charge is 2.37. The molecule has 0 radical (unpaired) electrons. The fourth-order valence-electron chi connectivity index (χ4n) is 2.34. The van der Waals surface area contributed by atoms with E-state index in [1.54, 1.807) is 6.26 Å². The highest BCUT2D eigenvalue weighted by atomic mass is 79.9. The number of furan rings is 1. The summed E-state index contributed by atoms with van der Waals surface area (Å²) in [4.78, 5) is 13.8. The van der Waals surface area contributed by atoms with Crippen LogP contribution in [0.1, 0.15) is 38.0 Å². The third-order valence-electron chi connectivity index (χ3n) is 3.13. The van der Waals surface area contributed by atoms with Gasteiger partial charge < -0.3 is 15.1 Å². The molecule has 2 atom stereocenters. The van der Waals surface area contributed by atoms with Crippen LogP contribution in [-0.2, 0) is 4.79 Å². The summed E-state index contributed by atoms with van der Waals surface area (Å²) < 4.78 is 6.36. The molecular weight excluding hydrogens is 284 g/mol. The van der Waals surface area contributed by atoms with Gasteiger partial charge in [0.15, 0.2) is 0 Å². The Morgan fingerprint density at radius 2 is 2.41 bits per heavy atom. The minimum atomic E-state index is -0.138. The van der Waals surface area contributed by atoms with Crippen LogP contribution in [0.15, 0.2) is 21.2 Å².